The molecule has 0 aliphatic rings. The average molecular weight is 341 g/mol. The third-order valence-electron chi connectivity index (χ3n) is 1.92. The quantitative estimate of drug-likeness (QED) is 0.627. The van der Waals surface area contributed by atoms with Crippen molar-refractivity contribution >= 4 is 28.6 Å². The molecule has 0 amide bonds. The first-order chi connectivity index (χ1) is 7.49. The molecule has 1 rings (SSSR count). The van der Waals surface area contributed by atoms with Crippen molar-refractivity contribution in [2.45, 2.75) is 20.3 Å². The van der Waals surface area contributed by atoms with Gasteiger partial charge in [0, 0.05) is 6.20 Å². The second kappa shape index (κ2) is 5.51. The predicted octanol–water partition coefficient (Wildman–Crippen LogP) is 3.11. The zero-order valence-electron chi connectivity index (χ0n) is 8.76. The Balaban J connectivity index is 3.26. The Morgan fingerprint density at radius 2 is 2.25 bits per heavy atom. The van der Waals surface area contributed by atoms with Crippen LogP contribution in [-0.4, -0.2) is 17.6 Å². The normalized spacial score (nSPS) is 10.6. The molecule has 0 bridgehead atoms. The number of nitrogens with zero attached hydrogens (tertiary/aromatic N) is 1. The number of alkyl halides is 2. The van der Waals surface area contributed by atoms with Crippen LogP contribution in [0.15, 0.2) is 6.20 Å². The summed E-state index contributed by atoms with van der Waals surface area (Å²) in [6, 6.07) is 0. The molecule has 0 atom stereocenters. The van der Waals surface area contributed by atoms with Crippen molar-refractivity contribution in [2.75, 3.05) is 6.61 Å². The van der Waals surface area contributed by atoms with Crippen LogP contribution >= 0.6 is 22.6 Å². The Hall–Kier alpha value is -0.790. The molecule has 0 saturated carbocycles. The molecule has 6 heteroatoms. The number of aromatic nitrogens is 1. The van der Waals surface area contributed by atoms with Gasteiger partial charge in [-0.05, 0) is 42.0 Å². The molecule has 0 unspecified atom stereocenters. The van der Waals surface area contributed by atoms with Crippen molar-refractivity contribution in [3.8, 4) is 0 Å². The number of aryl methyl sites for hydroxylation is 1. The van der Waals surface area contributed by atoms with Gasteiger partial charge in [0.05, 0.1) is 15.7 Å². The van der Waals surface area contributed by atoms with Gasteiger partial charge < -0.3 is 4.74 Å². The Morgan fingerprint density at radius 3 is 2.75 bits per heavy atom. The zero-order valence-corrected chi connectivity index (χ0v) is 10.9. The van der Waals surface area contributed by atoms with Crippen LogP contribution < -0.4 is 0 Å². The number of carbonyl (C=O) groups is 1. The Kier molecular flexibility index (Phi) is 4.57. The van der Waals surface area contributed by atoms with Crippen LogP contribution in [-0.2, 0) is 4.74 Å². The molecular weight excluding hydrogens is 331 g/mol. The van der Waals surface area contributed by atoms with Crippen molar-refractivity contribution in [1.82, 2.24) is 4.98 Å². The van der Waals surface area contributed by atoms with E-state index in [2.05, 4.69) is 4.98 Å². The van der Waals surface area contributed by atoms with Crippen LogP contribution in [0.5, 0.6) is 0 Å². The van der Waals surface area contributed by atoms with Gasteiger partial charge in [0.15, 0.2) is 0 Å². The number of ether oxygens (including phenoxy) is 1. The lowest BCUT2D eigenvalue weighted by Gasteiger charge is -2.10. The van der Waals surface area contributed by atoms with Gasteiger partial charge in [-0.15, -0.1) is 0 Å². The minimum atomic E-state index is -2.69. The van der Waals surface area contributed by atoms with Gasteiger partial charge in [0.1, 0.15) is 5.69 Å². The summed E-state index contributed by atoms with van der Waals surface area (Å²) in [5, 5.41) is 0. The van der Waals surface area contributed by atoms with Gasteiger partial charge in [0.2, 0.25) is 0 Å². The van der Waals surface area contributed by atoms with Gasteiger partial charge in [-0.25, -0.2) is 13.6 Å². The molecule has 0 N–H and O–H groups in total. The van der Waals surface area contributed by atoms with Crippen LogP contribution in [0.1, 0.15) is 35.0 Å². The molecule has 0 aliphatic carbocycles. The summed E-state index contributed by atoms with van der Waals surface area (Å²) in [7, 11) is 0. The summed E-state index contributed by atoms with van der Waals surface area (Å²) in [5.74, 6) is -0.589. The summed E-state index contributed by atoms with van der Waals surface area (Å²) in [4.78, 5) is 15.2. The van der Waals surface area contributed by atoms with E-state index >= 15 is 0 Å². The second-order valence-corrected chi connectivity index (χ2v) is 4.12. The van der Waals surface area contributed by atoms with Crippen molar-refractivity contribution in [3.05, 3.63) is 26.6 Å². The zero-order chi connectivity index (χ0) is 12.3. The second-order valence-electron chi connectivity index (χ2n) is 3.04. The highest BCUT2D eigenvalue weighted by Crippen LogP contribution is 2.27. The summed E-state index contributed by atoms with van der Waals surface area (Å²) in [5.41, 5.74) is 0.328. The average Bonchev–Trinajstić information content (AvgIpc) is 2.17. The lowest BCUT2D eigenvalue weighted by molar-refractivity contribution is 0.0523. The first-order valence-corrected chi connectivity index (χ1v) is 5.67. The van der Waals surface area contributed by atoms with Crippen LogP contribution in [0.25, 0.3) is 0 Å². The third kappa shape index (κ3) is 2.66. The van der Waals surface area contributed by atoms with E-state index in [1.807, 2.05) is 0 Å². The number of carbonyl (C=O) groups excluding carboxylic acids is 1. The molecule has 3 nitrogen and oxygen atoms in total. The molecule has 1 heterocycles. The molecular formula is C10H10F2INO2. The van der Waals surface area contributed by atoms with Crippen molar-refractivity contribution in [2.24, 2.45) is 0 Å². The molecule has 88 valence electrons. The first-order valence-electron chi connectivity index (χ1n) is 4.59. The third-order valence-corrected chi connectivity index (χ3v) is 3.01. The van der Waals surface area contributed by atoms with E-state index in [0.717, 1.165) is 0 Å². The Morgan fingerprint density at radius 1 is 1.62 bits per heavy atom. The lowest BCUT2D eigenvalue weighted by Crippen LogP contribution is -2.12. The smallest absolute Gasteiger partial charge is 0.339 e. The van der Waals surface area contributed by atoms with Gasteiger partial charge in [-0.1, -0.05) is 0 Å². The molecule has 1 aromatic rings. The fourth-order valence-corrected chi connectivity index (χ4v) is 2.22. The van der Waals surface area contributed by atoms with Crippen molar-refractivity contribution < 1.29 is 18.3 Å². The lowest BCUT2D eigenvalue weighted by atomic mass is 10.1. The summed E-state index contributed by atoms with van der Waals surface area (Å²) in [6.07, 6.45) is -1.43. The van der Waals surface area contributed by atoms with E-state index < -0.39 is 12.4 Å². The Labute approximate surface area is 105 Å². The van der Waals surface area contributed by atoms with Crippen molar-refractivity contribution in [1.29, 1.82) is 0 Å². The number of rotatable bonds is 3. The number of hydrogen-bond acceptors (Lipinski definition) is 3. The van der Waals surface area contributed by atoms with E-state index in [1.165, 1.54) is 6.20 Å². The van der Waals surface area contributed by atoms with Gasteiger partial charge in [-0.3, -0.25) is 4.98 Å². The molecule has 0 aromatic carbocycles. The molecule has 0 saturated heterocycles. The summed E-state index contributed by atoms with van der Waals surface area (Å²) >= 11 is 1.69. The highest BCUT2D eigenvalue weighted by molar-refractivity contribution is 14.1. The van der Waals surface area contributed by atoms with Crippen LogP contribution in [0.2, 0.25) is 0 Å². The summed E-state index contributed by atoms with van der Waals surface area (Å²) in [6.45, 7) is 3.51. The summed E-state index contributed by atoms with van der Waals surface area (Å²) < 4.78 is 30.1. The molecule has 16 heavy (non-hydrogen) atoms. The topological polar surface area (TPSA) is 39.2 Å². The number of halogens is 3. The van der Waals surface area contributed by atoms with Crippen LogP contribution in [0.4, 0.5) is 8.78 Å². The fraction of sp³-hybridized carbons (Fsp3) is 0.400. The minimum Gasteiger partial charge on any atom is -0.462 e. The van der Waals surface area contributed by atoms with Gasteiger partial charge in [-0.2, -0.15) is 0 Å². The van der Waals surface area contributed by atoms with E-state index in [9.17, 15) is 13.6 Å². The maximum atomic E-state index is 12.6. The standard InChI is InChI=1S/C10H10F2INO2/c1-3-16-10(15)6-5(2)4-14-8(7(6)13)9(11)12/h4,9H,3H2,1-2H3. The van der Waals surface area contributed by atoms with Gasteiger partial charge in [0.25, 0.3) is 6.43 Å². The molecule has 0 fully saturated rings. The monoisotopic (exact) mass is 341 g/mol. The Bertz CT molecular complexity index is 410. The molecule has 1 aromatic heterocycles. The molecule has 0 radical (unpaired) electrons. The highest BCUT2D eigenvalue weighted by atomic mass is 127. The maximum Gasteiger partial charge on any atom is 0.339 e. The molecule has 0 aliphatic heterocycles. The van der Waals surface area contributed by atoms with E-state index in [-0.39, 0.29) is 21.4 Å². The van der Waals surface area contributed by atoms with E-state index in [0.29, 0.717) is 5.56 Å². The number of esters is 1. The van der Waals surface area contributed by atoms with Crippen LogP contribution in [0.3, 0.4) is 0 Å². The minimum absolute atomic E-state index is 0.158. The van der Waals surface area contributed by atoms with E-state index in [1.54, 1.807) is 36.4 Å². The predicted molar refractivity (Wildman–Crippen MR) is 62.6 cm³/mol. The van der Waals surface area contributed by atoms with Gasteiger partial charge >= 0.3 is 5.97 Å². The first kappa shape index (κ1) is 13.3. The number of hydrogen-bond donors (Lipinski definition) is 0. The van der Waals surface area contributed by atoms with E-state index in [4.69, 9.17) is 4.74 Å². The maximum absolute atomic E-state index is 12.6. The number of pyridine rings is 1. The SMILES string of the molecule is CCOC(=O)c1c(C)cnc(C(F)F)c1I. The largest absolute Gasteiger partial charge is 0.462 e. The van der Waals surface area contributed by atoms with Crippen LogP contribution in [0, 0.1) is 10.5 Å². The highest BCUT2D eigenvalue weighted by Gasteiger charge is 2.22. The molecule has 0 spiro atoms. The van der Waals surface area contributed by atoms with Crippen molar-refractivity contribution in [3.63, 3.8) is 0 Å². The fourth-order valence-electron chi connectivity index (χ4n) is 1.19.